The zero-order valence-electron chi connectivity index (χ0n) is 9.26. The average molecular weight is 237 g/mol. The first-order valence-corrected chi connectivity index (χ1v) is 4.68. The monoisotopic (exact) mass is 237 g/mol. The Hall–Kier alpha value is -1.11. The topological polar surface area (TPSA) is 71.0 Å². The lowest BCUT2D eigenvalue weighted by atomic mass is 9.84. The summed E-state index contributed by atoms with van der Waals surface area (Å²) in [5.41, 5.74) is 1.63. The van der Waals surface area contributed by atoms with Crippen LogP contribution in [0.1, 0.15) is 27.2 Å². The van der Waals surface area contributed by atoms with Gasteiger partial charge in [-0.1, -0.05) is 20.8 Å². The summed E-state index contributed by atoms with van der Waals surface area (Å²) < 4.78 is 37.8. The van der Waals surface area contributed by atoms with Crippen LogP contribution in [-0.4, -0.2) is 28.7 Å². The van der Waals surface area contributed by atoms with Crippen LogP contribution in [-0.2, 0) is 0 Å². The molecule has 16 heavy (non-hydrogen) atoms. The SMILES string of the molecule is CC(C)(C)C1=NC(N)=NC(O)(C(F)(F)F)C1. The molecule has 0 fully saturated rings. The van der Waals surface area contributed by atoms with Gasteiger partial charge in [-0.05, 0) is 0 Å². The van der Waals surface area contributed by atoms with E-state index < -0.39 is 29.7 Å². The maximum Gasteiger partial charge on any atom is 0.438 e. The number of alkyl halides is 3. The van der Waals surface area contributed by atoms with E-state index >= 15 is 0 Å². The smallest absolute Gasteiger partial charge is 0.368 e. The molecule has 1 heterocycles. The van der Waals surface area contributed by atoms with Crippen molar-refractivity contribution in [1.29, 1.82) is 0 Å². The van der Waals surface area contributed by atoms with Gasteiger partial charge in [0.05, 0.1) is 0 Å². The minimum Gasteiger partial charge on any atom is -0.368 e. The summed E-state index contributed by atoms with van der Waals surface area (Å²) in [5.74, 6) is -0.545. The maximum absolute atomic E-state index is 12.6. The van der Waals surface area contributed by atoms with Gasteiger partial charge in [-0.2, -0.15) is 13.2 Å². The second-order valence-electron chi connectivity index (χ2n) is 4.77. The highest BCUT2D eigenvalue weighted by molar-refractivity contribution is 6.01. The van der Waals surface area contributed by atoms with Gasteiger partial charge in [0, 0.05) is 17.5 Å². The predicted octanol–water partition coefficient (Wildman–Crippen LogP) is 1.44. The zero-order valence-corrected chi connectivity index (χ0v) is 9.26. The fourth-order valence-electron chi connectivity index (χ4n) is 1.26. The van der Waals surface area contributed by atoms with Crippen molar-refractivity contribution >= 4 is 11.7 Å². The van der Waals surface area contributed by atoms with Gasteiger partial charge in [0.2, 0.25) is 5.96 Å². The Morgan fingerprint density at radius 1 is 1.31 bits per heavy atom. The highest BCUT2D eigenvalue weighted by Gasteiger charge is 2.56. The van der Waals surface area contributed by atoms with Crippen molar-refractivity contribution in [3.8, 4) is 0 Å². The first kappa shape index (κ1) is 13.0. The van der Waals surface area contributed by atoms with Crippen molar-refractivity contribution in [1.82, 2.24) is 0 Å². The molecular weight excluding hydrogens is 223 g/mol. The second kappa shape index (κ2) is 3.44. The standard InChI is InChI=1S/C9H14F3N3O/c1-7(2,3)5-4-8(16,9(10,11)12)15-6(13)14-5/h16H,4H2,1-3H3,(H2,13,15). The molecule has 0 saturated heterocycles. The van der Waals surface area contributed by atoms with Gasteiger partial charge in [0.15, 0.2) is 0 Å². The van der Waals surface area contributed by atoms with Crippen LogP contribution in [0.5, 0.6) is 0 Å². The molecule has 3 N–H and O–H groups in total. The predicted molar refractivity (Wildman–Crippen MR) is 54.1 cm³/mol. The molecule has 0 aromatic heterocycles. The molecule has 1 unspecified atom stereocenters. The van der Waals surface area contributed by atoms with E-state index in [1.54, 1.807) is 20.8 Å². The Labute approximate surface area is 91.1 Å². The Bertz CT molecular complexity index is 354. The first-order valence-electron chi connectivity index (χ1n) is 4.68. The van der Waals surface area contributed by atoms with Crippen LogP contribution in [0.3, 0.4) is 0 Å². The molecule has 0 saturated carbocycles. The Kier molecular flexibility index (Phi) is 2.79. The van der Waals surface area contributed by atoms with Crippen LogP contribution in [0.2, 0.25) is 0 Å². The van der Waals surface area contributed by atoms with E-state index in [0.29, 0.717) is 0 Å². The molecule has 7 heteroatoms. The first-order chi connectivity index (χ1) is 6.96. The molecule has 0 spiro atoms. The van der Waals surface area contributed by atoms with Gasteiger partial charge >= 0.3 is 6.18 Å². The van der Waals surface area contributed by atoms with Crippen LogP contribution < -0.4 is 5.73 Å². The summed E-state index contributed by atoms with van der Waals surface area (Å²) in [4.78, 5) is 6.73. The van der Waals surface area contributed by atoms with Crippen LogP contribution in [0.25, 0.3) is 0 Å². The number of aliphatic hydroxyl groups is 1. The minimum atomic E-state index is -4.86. The Morgan fingerprint density at radius 3 is 2.19 bits per heavy atom. The molecule has 0 amide bonds. The Morgan fingerprint density at radius 2 is 1.81 bits per heavy atom. The summed E-state index contributed by atoms with van der Waals surface area (Å²) in [6, 6.07) is 0. The van der Waals surface area contributed by atoms with Crippen LogP contribution in [0.15, 0.2) is 9.98 Å². The molecule has 1 aliphatic rings. The third kappa shape index (κ3) is 2.34. The van der Waals surface area contributed by atoms with Gasteiger partial charge in [-0.25, -0.2) is 9.98 Å². The number of guanidine groups is 1. The molecule has 1 atom stereocenters. The molecule has 0 aromatic rings. The number of aliphatic imine (C=N–C) groups is 2. The third-order valence-corrected chi connectivity index (χ3v) is 2.28. The Balaban J connectivity index is 3.14. The number of nitrogens with zero attached hydrogens (tertiary/aromatic N) is 2. The van der Waals surface area contributed by atoms with Gasteiger partial charge in [-0.15, -0.1) is 0 Å². The lowest BCUT2D eigenvalue weighted by molar-refractivity contribution is -0.254. The van der Waals surface area contributed by atoms with Crippen molar-refractivity contribution in [3.63, 3.8) is 0 Å². The fourth-order valence-corrected chi connectivity index (χ4v) is 1.26. The highest BCUT2D eigenvalue weighted by Crippen LogP contribution is 2.38. The molecule has 0 radical (unpaired) electrons. The molecule has 92 valence electrons. The lowest BCUT2D eigenvalue weighted by Crippen LogP contribution is -2.50. The van der Waals surface area contributed by atoms with Gasteiger partial charge < -0.3 is 10.8 Å². The van der Waals surface area contributed by atoms with Crippen molar-refractivity contribution in [2.75, 3.05) is 0 Å². The molecule has 0 aromatic carbocycles. The molecule has 0 bridgehead atoms. The summed E-state index contributed by atoms with van der Waals surface area (Å²) in [7, 11) is 0. The summed E-state index contributed by atoms with van der Waals surface area (Å²) in [6.45, 7) is 5.09. The minimum absolute atomic E-state index is 0.180. The second-order valence-corrected chi connectivity index (χ2v) is 4.77. The van der Waals surface area contributed by atoms with Gasteiger partial charge in [0.25, 0.3) is 5.72 Å². The van der Waals surface area contributed by atoms with Gasteiger partial charge in [-0.3, -0.25) is 0 Å². The highest BCUT2D eigenvalue weighted by atomic mass is 19.4. The van der Waals surface area contributed by atoms with Crippen molar-refractivity contribution < 1.29 is 18.3 Å². The molecule has 1 aliphatic heterocycles. The van der Waals surface area contributed by atoms with E-state index in [-0.39, 0.29) is 5.71 Å². The van der Waals surface area contributed by atoms with Crippen LogP contribution >= 0.6 is 0 Å². The number of hydrogen-bond acceptors (Lipinski definition) is 4. The van der Waals surface area contributed by atoms with E-state index in [4.69, 9.17) is 5.73 Å². The number of hydrogen-bond donors (Lipinski definition) is 2. The van der Waals surface area contributed by atoms with E-state index in [0.717, 1.165) is 0 Å². The normalized spacial score (nSPS) is 27.4. The van der Waals surface area contributed by atoms with Crippen molar-refractivity contribution in [2.45, 2.75) is 39.1 Å². The number of rotatable bonds is 0. The van der Waals surface area contributed by atoms with Crippen LogP contribution in [0, 0.1) is 5.41 Å². The summed E-state index contributed by atoms with van der Waals surface area (Å²) in [5, 5.41) is 9.44. The number of nitrogens with two attached hydrogens (primary N) is 1. The third-order valence-electron chi connectivity index (χ3n) is 2.28. The maximum atomic E-state index is 12.6. The molecule has 1 rings (SSSR count). The van der Waals surface area contributed by atoms with Gasteiger partial charge in [0.1, 0.15) is 0 Å². The van der Waals surface area contributed by atoms with Crippen LogP contribution in [0.4, 0.5) is 13.2 Å². The average Bonchev–Trinajstić information content (AvgIpc) is 1.98. The molecule has 4 nitrogen and oxygen atoms in total. The van der Waals surface area contributed by atoms with E-state index in [9.17, 15) is 18.3 Å². The van der Waals surface area contributed by atoms with Crippen molar-refractivity contribution in [2.24, 2.45) is 21.1 Å². The van der Waals surface area contributed by atoms with E-state index in [1.165, 1.54) is 0 Å². The molecular formula is C9H14F3N3O. The van der Waals surface area contributed by atoms with E-state index in [2.05, 4.69) is 9.98 Å². The van der Waals surface area contributed by atoms with Crippen molar-refractivity contribution in [3.05, 3.63) is 0 Å². The summed E-state index contributed by atoms with van der Waals surface area (Å²) in [6.07, 6.45) is -5.54. The molecule has 0 aliphatic carbocycles. The summed E-state index contributed by atoms with van der Waals surface area (Å²) >= 11 is 0. The lowest BCUT2D eigenvalue weighted by Gasteiger charge is -2.33. The zero-order chi connectivity index (χ0) is 12.8. The van der Waals surface area contributed by atoms with E-state index in [1.807, 2.05) is 0 Å². The quantitative estimate of drug-likeness (QED) is 0.669. The largest absolute Gasteiger partial charge is 0.438 e. The fraction of sp³-hybridized carbons (Fsp3) is 0.778. The number of halogens is 3.